The van der Waals surface area contributed by atoms with Gasteiger partial charge in [0.2, 0.25) is 10.0 Å². The topological polar surface area (TPSA) is 117 Å². The van der Waals surface area contributed by atoms with Crippen LogP contribution in [0.3, 0.4) is 0 Å². The molecule has 0 saturated carbocycles. The molecule has 0 bridgehead atoms. The third-order valence-corrected chi connectivity index (χ3v) is 8.05. The number of anilines is 1. The van der Waals surface area contributed by atoms with Crippen LogP contribution in [0.2, 0.25) is 5.02 Å². The summed E-state index contributed by atoms with van der Waals surface area (Å²) in [6, 6.07) is 31.0. The molecule has 4 rings (SSSR count). The van der Waals surface area contributed by atoms with Gasteiger partial charge in [-0.2, -0.15) is 9.41 Å². The number of nitrogens with zero attached hydrogens (tertiary/aromatic N) is 2. The minimum Gasteiger partial charge on any atom is -0.484 e. The molecule has 2 amide bonds. The van der Waals surface area contributed by atoms with Crippen molar-refractivity contribution in [2.45, 2.75) is 11.3 Å². The van der Waals surface area contributed by atoms with E-state index in [1.807, 2.05) is 30.3 Å². The normalized spacial score (nSPS) is 11.4. The minimum absolute atomic E-state index is 0.110. The van der Waals surface area contributed by atoms with E-state index in [0.717, 1.165) is 9.87 Å². The monoisotopic (exact) mass is 604 g/mol. The molecule has 0 radical (unpaired) electrons. The number of hydrogen-bond acceptors (Lipinski definition) is 6. The first-order valence-electron chi connectivity index (χ1n) is 13.0. The highest BCUT2D eigenvalue weighted by Gasteiger charge is 2.26. The highest BCUT2D eigenvalue weighted by Crippen LogP contribution is 2.17. The molecule has 4 aromatic carbocycles. The standard InChI is InChI=1S/C31H29ClN4O5S/c32-26-10-7-11-27(20-26)34-31(38)23-41-28-16-14-25(15-17-28)21-33-35-30(37)22-36(19-18-24-8-3-1-4-9-24)42(39,40)29-12-5-2-6-13-29/h1-17,20-21H,18-19,22-23H2,(H,34,38)(H,35,37)/b33-21+. The van der Waals surface area contributed by atoms with Crippen molar-refractivity contribution in [2.75, 3.05) is 25.0 Å². The molecular weight excluding hydrogens is 576 g/mol. The number of carbonyl (C=O) groups is 2. The van der Waals surface area contributed by atoms with Gasteiger partial charge in [0.1, 0.15) is 5.75 Å². The van der Waals surface area contributed by atoms with Crippen molar-refractivity contribution >= 4 is 45.3 Å². The van der Waals surface area contributed by atoms with Crippen molar-refractivity contribution in [2.24, 2.45) is 5.10 Å². The second kappa shape index (κ2) is 14.9. The zero-order chi connectivity index (χ0) is 29.8. The zero-order valence-corrected chi connectivity index (χ0v) is 24.1. The number of hydrazone groups is 1. The van der Waals surface area contributed by atoms with Crippen molar-refractivity contribution in [1.82, 2.24) is 9.73 Å². The summed E-state index contributed by atoms with van der Waals surface area (Å²) in [4.78, 5) is 24.9. The van der Waals surface area contributed by atoms with Crippen molar-refractivity contribution in [3.8, 4) is 5.75 Å². The molecule has 42 heavy (non-hydrogen) atoms. The summed E-state index contributed by atoms with van der Waals surface area (Å²) in [5.74, 6) is -0.445. The largest absolute Gasteiger partial charge is 0.484 e. The molecule has 0 saturated heterocycles. The first kappa shape index (κ1) is 30.4. The first-order chi connectivity index (χ1) is 20.3. The summed E-state index contributed by atoms with van der Waals surface area (Å²) in [6.45, 7) is -0.467. The molecule has 0 fully saturated rings. The van der Waals surface area contributed by atoms with Crippen molar-refractivity contribution in [1.29, 1.82) is 0 Å². The van der Waals surface area contributed by atoms with Crippen LogP contribution in [0.4, 0.5) is 5.69 Å². The van der Waals surface area contributed by atoms with Gasteiger partial charge in [-0.25, -0.2) is 13.8 Å². The molecule has 0 aliphatic heterocycles. The summed E-state index contributed by atoms with van der Waals surface area (Å²) in [5.41, 5.74) is 4.58. The third kappa shape index (κ3) is 9.27. The fourth-order valence-corrected chi connectivity index (χ4v) is 5.47. The van der Waals surface area contributed by atoms with Crippen LogP contribution in [-0.2, 0) is 26.0 Å². The van der Waals surface area contributed by atoms with Gasteiger partial charge in [0.15, 0.2) is 6.61 Å². The molecule has 216 valence electrons. The molecule has 4 aromatic rings. The summed E-state index contributed by atoms with van der Waals surface area (Å²) in [5, 5.41) is 7.18. The molecule has 0 heterocycles. The van der Waals surface area contributed by atoms with E-state index in [9.17, 15) is 18.0 Å². The molecule has 11 heteroatoms. The van der Waals surface area contributed by atoms with Gasteiger partial charge in [-0.3, -0.25) is 9.59 Å². The zero-order valence-electron chi connectivity index (χ0n) is 22.5. The quantitative estimate of drug-likeness (QED) is 0.169. The Morgan fingerprint density at radius 1 is 0.857 bits per heavy atom. The van der Waals surface area contributed by atoms with E-state index in [2.05, 4.69) is 15.8 Å². The van der Waals surface area contributed by atoms with E-state index in [-0.39, 0.29) is 24.0 Å². The predicted octanol–water partition coefficient (Wildman–Crippen LogP) is 4.74. The summed E-state index contributed by atoms with van der Waals surface area (Å²) >= 11 is 5.92. The maximum atomic E-state index is 13.3. The maximum Gasteiger partial charge on any atom is 0.262 e. The molecule has 0 spiro atoms. The lowest BCUT2D eigenvalue weighted by molar-refractivity contribution is -0.121. The number of rotatable bonds is 13. The van der Waals surface area contributed by atoms with Gasteiger partial charge in [0.25, 0.3) is 11.8 Å². The molecule has 0 unspecified atom stereocenters. The van der Waals surface area contributed by atoms with E-state index < -0.39 is 22.5 Å². The Morgan fingerprint density at radius 2 is 1.55 bits per heavy atom. The van der Waals surface area contributed by atoms with Crippen LogP contribution in [0.25, 0.3) is 0 Å². The van der Waals surface area contributed by atoms with E-state index in [1.165, 1.54) is 18.3 Å². The number of sulfonamides is 1. The van der Waals surface area contributed by atoms with E-state index in [4.69, 9.17) is 16.3 Å². The Morgan fingerprint density at radius 3 is 2.24 bits per heavy atom. The number of carbonyl (C=O) groups excluding carboxylic acids is 2. The van der Waals surface area contributed by atoms with Crippen molar-refractivity contribution in [3.63, 3.8) is 0 Å². The van der Waals surface area contributed by atoms with Crippen molar-refractivity contribution < 1.29 is 22.7 Å². The Hall–Kier alpha value is -4.51. The highest BCUT2D eigenvalue weighted by atomic mass is 35.5. The van der Waals surface area contributed by atoms with Crippen LogP contribution < -0.4 is 15.5 Å². The summed E-state index contributed by atoms with van der Waals surface area (Å²) in [6.07, 6.45) is 1.87. The lowest BCUT2D eigenvalue weighted by atomic mass is 10.1. The molecule has 0 aliphatic carbocycles. The van der Waals surface area contributed by atoms with Crippen LogP contribution in [-0.4, -0.2) is 50.4 Å². The Balaban J connectivity index is 1.30. The number of nitrogens with one attached hydrogen (secondary N) is 2. The first-order valence-corrected chi connectivity index (χ1v) is 14.8. The minimum atomic E-state index is -3.91. The fourth-order valence-electron chi connectivity index (χ4n) is 3.86. The van der Waals surface area contributed by atoms with Crippen LogP contribution in [0.5, 0.6) is 5.75 Å². The molecule has 2 N–H and O–H groups in total. The molecule has 0 aromatic heterocycles. The van der Waals surface area contributed by atoms with E-state index in [1.54, 1.807) is 66.7 Å². The summed E-state index contributed by atoms with van der Waals surface area (Å²) < 4.78 is 33.2. The Labute approximate surface area is 249 Å². The average molecular weight is 605 g/mol. The van der Waals surface area contributed by atoms with Gasteiger partial charge in [-0.05, 0) is 72.1 Å². The number of benzene rings is 4. The predicted molar refractivity (Wildman–Crippen MR) is 163 cm³/mol. The van der Waals surface area contributed by atoms with Gasteiger partial charge in [-0.1, -0.05) is 66.2 Å². The Bertz CT molecular complexity index is 1620. The molecule has 0 atom stereocenters. The smallest absolute Gasteiger partial charge is 0.262 e. The van der Waals surface area contributed by atoms with E-state index >= 15 is 0 Å². The number of hydrogen-bond donors (Lipinski definition) is 2. The van der Waals surface area contributed by atoms with Crippen LogP contribution in [0.1, 0.15) is 11.1 Å². The van der Waals surface area contributed by atoms with Crippen LogP contribution in [0.15, 0.2) is 119 Å². The molecule has 9 nitrogen and oxygen atoms in total. The van der Waals surface area contributed by atoms with Crippen LogP contribution in [0, 0.1) is 0 Å². The number of amides is 2. The second-order valence-corrected chi connectivity index (χ2v) is 11.5. The second-order valence-electron chi connectivity index (χ2n) is 9.10. The molecule has 0 aliphatic rings. The fraction of sp³-hybridized carbons (Fsp3) is 0.129. The highest BCUT2D eigenvalue weighted by molar-refractivity contribution is 7.89. The van der Waals surface area contributed by atoms with Gasteiger partial charge < -0.3 is 10.1 Å². The summed E-state index contributed by atoms with van der Waals surface area (Å²) in [7, 11) is -3.91. The lowest BCUT2D eigenvalue weighted by Crippen LogP contribution is -2.40. The van der Waals surface area contributed by atoms with Gasteiger partial charge in [0, 0.05) is 17.3 Å². The number of halogens is 1. The average Bonchev–Trinajstić information content (AvgIpc) is 3.00. The third-order valence-electron chi connectivity index (χ3n) is 5.95. The van der Waals surface area contributed by atoms with Gasteiger partial charge in [0.05, 0.1) is 17.7 Å². The van der Waals surface area contributed by atoms with E-state index in [0.29, 0.717) is 28.4 Å². The van der Waals surface area contributed by atoms with Crippen LogP contribution >= 0.6 is 11.6 Å². The maximum absolute atomic E-state index is 13.3. The molecular formula is C31H29ClN4O5S. The lowest BCUT2D eigenvalue weighted by Gasteiger charge is -2.21. The van der Waals surface area contributed by atoms with Gasteiger partial charge >= 0.3 is 0 Å². The number of ether oxygens (including phenoxy) is 1. The van der Waals surface area contributed by atoms with Gasteiger partial charge in [-0.15, -0.1) is 0 Å². The Kier molecular flexibility index (Phi) is 10.8. The van der Waals surface area contributed by atoms with Crippen molar-refractivity contribution in [3.05, 3.63) is 125 Å². The SMILES string of the molecule is O=C(CN(CCc1ccccc1)S(=O)(=O)c1ccccc1)N/N=C/c1ccc(OCC(=O)Nc2cccc(Cl)c2)cc1.